The van der Waals surface area contributed by atoms with E-state index < -0.39 is 0 Å². The highest BCUT2D eigenvalue weighted by molar-refractivity contribution is 5.09. The lowest BCUT2D eigenvalue weighted by Crippen LogP contribution is -2.08. The Hall–Kier alpha value is 0. The Morgan fingerprint density at radius 2 is 1.55 bits per heavy atom. The fraction of sp³-hybridized carbons (Fsp3) is 1.00. The van der Waals surface area contributed by atoms with E-state index in [1.807, 2.05) is 0 Å². The van der Waals surface area contributed by atoms with Gasteiger partial charge in [-0.25, -0.2) is 0 Å². The summed E-state index contributed by atoms with van der Waals surface area (Å²) in [5.41, 5.74) is 0.941. The quantitative estimate of drug-likeness (QED) is 0.496. The molecule has 0 heterocycles. The van der Waals surface area contributed by atoms with Crippen molar-refractivity contribution in [3.05, 3.63) is 0 Å². The SMILES string of the molecule is C1CCC2CC23CCCC3C1. The van der Waals surface area contributed by atoms with Gasteiger partial charge in [0.25, 0.3) is 0 Å². The summed E-state index contributed by atoms with van der Waals surface area (Å²) in [6.45, 7) is 0. The van der Waals surface area contributed by atoms with Crippen molar-refractivity contribution in [3.63, 3.8) is 0 Å². The highest BCUT2D eigenvalue weighted by Gasteiger charge is 2.59. The third-order valence-corrected chi connectivity index (χ3v) is 4.64. The van der Waals surface area contributed by atoms with Crippen molar-refractivity contribution in [1.82, 2.24) is 0 Å². The molecule has 0 amide bonds. The van der Waals surface area contributed by atoms with Crippen molar-refractivity contribution in [2.24, 2.45) is 17.3 Å². The first-order chi connectivity index (χ1) is 5.42. The fourth-order valence-corrected chi connectivity index (χ4v) is 3.98. The monoisotopic (exact) mass is 150 g/mol. The predicted octanol–water partition coefficient (Wildman–Crippen LogP) is 3.37. The molecule has 0 aromatic rings. The summed E-state index contributed by atoms with van der Waals surface area (Å²) in [7, 11) is 0. The minimum atomic E-state index is 0.941. The Morgan fingerprint density at radius 1 is 0.818 bits per heavy atom. The van der Waals surface area contributed by atoms with Gasteiger partial charge in [-0.3, -0.25) is 0 Å². The van der Waals surface area contributed by atoms with Crippen LogP contribution in [0.4, 0.5) is 0 Å². The molecule has 3 unspecified atom stereocenters. The van der Waals surface area contributed by atoms with E-state index in [4.69, 9.17) is 0 Å². The lowest BCUT2D eigenvalue weighted by molar-refractivity contribution is 0.328. The molecule has 0 aliphatic heterocycles. The van der Waals surface area contributed by atoms with Crippen molar-refractivity contribution in [3.8, 4) is 0 Å². The van der Waals surface area contributed by atoms with E-state index in [9.17, 15) is 0 Å². The highest BCUT2D eigenvalue weighted by Crippen LogP contribution is 2.69. The minimum absolute atomic E-state index is 0.941. The maximum Gasteiger partial charge on any atom is -0.0238 e. The van der Waals surface area contributed by atoms with Gasteiger partial charge >= 0.3 is 0 Å². The second kappa shape index (κ2) is 2.02. The molecule has 0 aromatic carbocycles. The normalized spacial score (nSPS) is 54.5. The van der Waals surface area contributed by atoms with Crippen LogP contribution in [0, 0.1) is 17.3 Å². The van der Waals surface area contributed by atoms with E-state index in [2.05, 4.69) is 0 Å². The standard InChI is InChI=1S/C11H18/c1-2-5-10-8-11(10)7-3-6-9(11)4-1/h9-10H,1-8H2. The molecule has 0 saturated heterocycles. The van der Waals surface area contributed by atoms with Gasteiger partial charge in [-0.2, -0.15) is 0 Å². The van der Waals surface area contributed by atoms with Crippen LogP contribution in [0.5, 0.6) is 0 Å². The zero-order valence-electron chi connectivity index (χ0n) is 7.31. The maximum atomic E-state index is 1.62. The highest BCUT2D eigenvalue weighted by atomic mass is 14.6. The van der Waals surface area contributed by atoms with Crippen molar-refractivity contribution in [2.45, 2.75) is 51.4 Å². The Labute approximate surface area is 69.4 Å². The van der Waals surface area contributed by atoms with E-state index >= 15 is 0 Å². The summed E-state index contributed by atoms with van der Waals surface area (Å²) in [6, 6.07) is 0. The largest absolute Gasteiger partial charge is 0.0530 e. The molecule has 3 aliphatic rings. The van der Waals surface area contributed by atoms with Crippen LogP contribution in [-0.2, 0) is 0 Å². The van der Waals surface area contributed by atoms with Crippen molar-refractivity contribution < 1.29 is 0 Å². The van der Waals surface area contributed by atoms with Crippen molar-refractivity contribution >= 4 is 0 Å². The van der Waals surface area contributed by atoms with Crippen molar-refractivity contribution in [1.29, 1.82) is 0 Å². The molecule has 0 heteroatoms. The first kappa shape index (κ1) is 6.51. The van der Waals surface area contributed by atoms with Gasteiger partial charge in [-0.15, -0.1) is 0 Å². The van der Waals surface area contributed by atoms with Crippen LogP contribution < -0.4 is 0 Å². The zero-order valence-corrected chi connectivity index (χ0v) is 7.31. The second-order valence-corrected chi connectivity index (χ2v) is 5.01. The molecule has 3 fully saturated rings. The summed E-state index contributed by atoms with van der Waals surface area (Å²) in [4.78, 5) is 0. The van der Waals surface area contributed by atoms with E-state index in [1.54, 1.807) is 51.4 Å². The van der Waals surface area contributed by atoms with Crippen LogP contribution in [0.3, 0.4) is 0 Å². The van der Waals surface area contributed by atoms with E-state index in [0.717, 1.165) is 5.41 Å². The topological polar surface area (TPSA) is 0 Å². The molecular weight excluding hydrogens is 132 g/mol. The summed E-state index contributed by atoms with van der Waals surface area (Å²) in [5, 5.41) is 0. The molecule has 0 nitrogen and oxygen atoms in total. The van der Waals surface area contributed by atoms with E-state index in [1.165, 1.54) is 11.8 Å². The lowest BCUT2D eigenvalue weighted by Gasteiger charge is -2.16. The molecule has 3 atom stereocenters. The number of hydrogen-bond donors (Lipinski definition) is 0. The zero-order chi connectivity index (χ0) is 7.31. The molecule has 3 rings (SSSR count). The third-order valence-electron chi connectivity index (χ3n) is 4.64. The van der Waals surface area contributed by atoms with Crippen LogP contribution in [0.15, 0.2) is 0 Å². The minimum Gasteiger partial charge on any atom is -0.0530 e. The van der Waals surface area contributed by atoms with Gasteiger partial charge in [0, 0.05) is 0 Å². The van der Waals surface area contributed by atoms with Crippen molar-refractivity contribution in [2.75, 3.05) is 0 Å². The van der Waals surface area contributed by atoms with Gasteiger partial charge in [0.2, 0.25) is 0 Å². The summed E-state index contributed by atoms with van der Waals surface area (Å²) in [6.07, 6.45) is 12.6. The molecule has 0 aromatic heterocycles. The smallest absolute Gasteiger partial charge is 0.0238 e. The van der Waals surface area contributed by atoms with Gasteiger partial charge in [0.05, 0.1) is 0 Å². The third kappa shape index (κ3) is 0.761. The van der Waals surface area contributed by atoms with Crippen LogP contribution in [0.1, 0.15) is 51.4 Å². The number of rotatable bonds is 0. The maximum absolute atomic E-state index is 1.62. The number of hydrogen-bond acceptors (Lipinski definition) is 0. The fourth-order valence-electron chi connectivity index (χ4n) is 3.98. The predicted molar refractivity (Wildman–Crippen MR) is 46.3 cm³/mol. The van der Waals surface area contributed by atoms with Crippen LogP contribution in [-0.4, -0.2) is 0 Å². The van der Waals surface area contributed by atoms with Crippen LogP contribution >= 0.6 is 0 Å². The summed E-state index contributed by atoms with van der Waals surface area (Å²) in [5.74, 6) is 2.37. The first-order valence-electron chi connectivity index (χ1n) is 5.42. The molecule has 3 saturated carbocycles. The molecular formula is C11H18. The molecule has 0 radical (unpaired) electrons. The molecule has 0 bridgehead atoms. The van der Waals surface area contributed by atoms with Gasteiger partial charge < -0.3 is 0 Å². The van der Waals surface area contributed by atoms with E-state index in [-0.39, 0.29) is 0 Å². The lowest BCUT2D eigenvalue weighted by atomic mass is 9.88. The Kier molecular flexibility index (Phi) is 1.20. The van der Waals surface area contributed by atoms with Crippen LogP contribution in [0.2, 0.25) is 0 Å². The summed E-state index contributed by atoms with van der Waals surface area (Å²) >= 11 is 0. The molecule has 1 spiro atoms. The Balaban J connectivity index is 1.87. The second-order valence-electron chi connectivity index (χ2n) is 5.01. The van der Waals surface area contributed by atoms with E-state index in [0.29, 0.717) is 0 Å². The van der Waals surface area contributed by atoms with Crippen LogP contribution in [0.25, 0.3) is 0 Å². The Morgan fingerprint density at radius 3 is 2.45 bits per heavy atom. The van der Waals surface area contributed by atoms with Gasteiger partial charge in [0.15, 0.2) is 0 Å². The van der Waals surface area contributed by atoms with Gasteiger partial charge in [-0.05, 0) is 49.4 Å². The van der Waals surface area contributed by atoms with Gasteiger partial charge in [-0.1, -0.05) is 19.3 Å². The Bertz CT molecular complexity index is 173. The average Bonchev–Trinajstić information content (AvgIpc) is 2.58. The molecule has 11 heavy (non-hydrogen) atoms. The van der Waals surface area contributed by atoms with Gasteiger partial charge in [0.1, 0.15) is 0 Å². The summed E-state index contributed by atoms with van der Waals surface area (Å²) < 4.78 is 0. The first-order valence-corrected chi connectivity index (χ1v) is 5.42. The molecule has 3 aliphatic carbocycles. The average molecular weight is 150 g/mol. The molecule has 0 N–H and O–H groups in total. The molecule has 62 valence electrons.